The Morgan fingerprint density at radius 3 is 2.72 bits per heavy atom. The molecule has 0 spiro atoms. The molecule has 0 fully saturated rings. The molecule has 162 valence electrons. The summed E-state index contributed by atoms with van der Waals surface area (Å²) in [6.45, 7) is 2.99. The number of aromatic nitrogens is 2. The molecule has 0 aliphatic rings. The van der Waals surface area contributed by atoms with Crippen LogP contribution in [0.4, 0.5) is 15.9 Å². The molecule has 32 heavy (non-hydrogen) atoms. The summed E-state index contributed by atoms with van der Waals surface area (Å²) < 4.78 is 13.5. The lowest BCUT2D eigenvalue weighted by atomic mass is 10.1. The van der Waals surface area contributed by atoms with Gasteiger partial charge in [-0.3, -0.25) is 9.78 Å². The molecular weight excluding hydrogens is 423 g/mol. The Hall–Kier alpha value is -3.58. The van der Waals surface area contributed by atoms with Gasteiger partial charge in [-0.05, 0) is 71.8 Å². The van der Waals surface area contributed by atoms with Gasteiger partial charge in [0.25, 0.3) is 0 Å². The molecule has 7 heteroatoms. The van der Waals surface area contributed by atoms with E-state index in [1.165, 1.54) is 17.7 Å². The molecular formula is C25H23FN4OS. The van der Waals surface area contributed by atoms with Crippen molar-refractivity contribution >= 4 is 29.3 Å². The number of nitrogens with zero attached hydrogens (tertiary/aromatic N) is 3. The van der Waals surface area contributed by atoms with E-state index >= 15 is 0 Å². The number of carbonyl (C=O) groups excluding carboxylic acids is 1. The van der Waals surface area contributed by atoms with Gasteiger partial charge in [-0.2, -0.15) is 0 Å². The Bertz CT molecular complexity index is 1200. The maximum Gasteiger partial charge on any atom is 0.214 e. The number of anilines is 2. The fourth-order valence-electron chi connectivity index (χ4n) is 3.40. The van der Waals surface area contributed by atoms with Crippen LogP contribution >= 0.6 is 11.3 Å². The summed E-state index contributed by atoms with van der Waals surface area (Å²) >= 11 is 1.63. The van der Waals surface area contributed by atoms with Gasteiger partial charge in [-0.15, -0.1) is 11.3 Å². The van der Waals surface area contributed by atoms with Crippen LogP contribution in [0.3, 0.4) is 0 Å². The molecule has 0 atom stereocenters. The maximum absolute atomic E-state index is 13.5. The molecule has 1 aromatic carbocycles. The number of benzene rings is 1. The van der Waals surface area contributed by atoms with Gasteiger partial charge in [-0.1, -0.05) is 18.2 Å². The molecule has 1 N–H and O–H groups in total. The second-order valence-electron chi connectivity index (χ2n) is 7.45. The van der Waals surface area contributed by atoms with E-state index in [2.05, 4.69) is 28.7 Å². The monoisotopic (exact) mass is 446 g/mol. The van der Waals surface area contributed by atoms with E-state index in [9.17, 15) is 9.18 Å². The Kier molecular flexibility index (Phi) is 6.87. The predicted octanol–water partition coefficient (Wildman–Crippen LogP) is 5.47. The summed E-state index contributed by atoms with van der Waals surface area (Å²) in [5.74, 6) is 0.362. The third-order valence-electron chi connectivity index (χ3n) is 4.96. The van der Waals surface area contributed by atoms with Crippen LogP contribution in [0.2, 0.25) is 0 Å². The number of rotatable bonds is 9. The van der Waals surface area contributed by atoms with Crippen LogP contribution in [0.15, 0.2) is 72.4 Å². The Labute approximate surface area is 190 Å². The minimum Gasteiger partial charge on any atom is -0.368 e. The van der Waals surface area contributed by atoms with Crippen molar-refractivity contribution in [1.82, 2.24) is 9.97 Å². The summed E-state index contributed by atoms with van der Waals surface area (Å²) in [5, 5.41) is 5.44. The number of hydrogen-bond donors (Lipinski definition) is 1. The first-order valence-electron chi connectivity index (χ1n) is 10.3. The largest absolute Gasteiger partial charge is 0.368 e. The highest BCUT2D eigenvalue weighted by atomic mass is 32.1. The molecule has 3 heterocycles. The van der Waals surface area contributed by atoms with E-state index in [0.717, 1.165) is 28.1 Å². The predicted molar refractivity (Wildman–Crippen MR) is 127 cm³/mol. The zero-order valence-electron chi connectivity index (χ0n) is 17.7. The highest BCUT2D eigenvalue weighted by Gasteiger charge is 2.15. The molecule has 0 saturated heterocycles. The second-order valence-corrected chi connectivity index (χ2v) is 8.37. The van der Waals surface area contributed by atoms with E-state index < -0.39 is 0 Å². The van der Waals surface area contributed by atoms with Crippen LogP contribution < -0.4 is 10.2 Å². The molecule has 4 rings (SSSR count). The second kappa shape index (κ2) is 10.2. The molecule has 0 aliphatic carbocycles. The van der Waals surface area contributed by atoms with E-state index in [-0.39, 0.29) is 5.82 Å². The van der Waals surface area contributed by atoms with Crippen LogP contribution in [0, 0.1) is 12.7 Å². The molecule has 1 amide bonds. The smallest absolute Gasteiger partial charge is 0.214 e. The summed E-state index contributed by atoms with van der Waals surface area (Å²) in [5.41, 5.74) is 4.52. The number of thiophene rings is 1. The van der Waals surface area contributed by atoms with E-state index in [4.69, 9.17) is 4.98 Å². The third-order valence-corrected chi connectivity index (χ3v) is 6.04. The van der Waals surface area contributed by atoms with Crippen LogP contribution in [0.1, 0.15) is 16.7 Å². The van der Waals surface area contributed by atoms with Crippen LogP contribution in [0.25, 0.3) is 10.6 Å². The van der Waals surface area contributed by atoms with Gasteiger partial charge in [0.15, 0.2) is 5.82 Å². The summed E-state index contributed by atoms with van der Waals surface area (Å²) in [7, 11) is 0. The molecule has 0 saturated carbocycles. The van der Waals surface area contributed by atoms with Crippen molar-refractivity contribution in [2.24, 2.45) is 0 Å². The first-order chi connectivity index (χ1) is 15.6. The molecule has 4 aromatic rings. The van der Waals surface area contributed by atoms with Gasteiger partial charge in [0.2, 0.25) is 6.41 Å². The van der Waals surface area contributed by atoms with Gasteiger partial charge in [0, 0.05) is 18.9 Å². The Morgan fingerprint density at radius 1 is 1.12 bits per heavy atom. The molecule has 0 radical (unpaired) electrons. The third kappa shape index (κ3) is 5.36. The van der Waals surface area contributed by atoms with Crippen LogP contribution in [0.5, 0.6) is 0 Å². The topological polar surface area (TPSA) is 58.1 Å². The minimum atomic E-state index is -0.250. The van der Waals surface area contributed by atoms with Gasteiger partial charge in [-0.25, -0.2) is 9.37 Å². The van der Waals surface area contributed by atoms with Crippen molar-refractivity contribution in [3.63, 3.8) is 0 Å². The minimum absolute atomic E-state index is 0.250. The number of carbonyl (C=O) groups is 1. The Morgan fingerprint density at radius 2 is 2.00 bits per heavy atom. The van der Waals surface area contributed by atoms with Crippen LogP contribution in [-0.4, -0.2) is 22.9 Å². The van der Waals surface area contributed by atoms with Gasteiger partial charge in [0.05, 0.1) is 22.8 Å². The molecule has 3 aromatic heterocycles. The summed E-state index contributed by atoms with van der Waals surface area (Å²) in [4.78, 5) is 23.6. The first kappa shape index (κ1) is 21.6. The van der Waals surface area contributed by atoms with Gasteiger partial charge in [0.1, 0.15) is 5.82 Å². The lowest BCUT2D eigenvalue weighted by Crippen LogP contribution is -2.22. The number of amides is 1. The van der Waals surface area contributed by atoms with Gasteiger partial charge < -0.3 is 10.2 Å². The zero-order valence-corrected chi connectivity index (χ0v) is 18.5. The van der Waals surface area contributed by atoms with Crippen molar-refractivity contribution in [2.45, 2.75) is 19.9 Å². The van der Waals surface area contributed by atoms with Gasteiger partial charge >= 0.3 is 0 Å². The molecule has 0 bridgehead atoms. The lowest BCUT2D eigenvalue weighted by molar-refractivity contribution is -0.107. The van der Waals surface area contributed by atoms with Crippen molar-refractivity contribution in [1.29, 1.82) is 0 Å². The number of halogens is 1. The Balaban J connectivity index is 1.60. The van der Waals surface area contributed by atoms with E-state index in [1.807, 2.05) is 30.3 Å². The van der Waals surface area contributed by atoms with E-state index in [1.54, 1.807) is 34.7 Å². The molecule has 0 aliphatic heterocycles. The average Bonchev–Trinajstić information content (AvgIpc) is 3.25. The SMILES string of the molecule is Cc1csc(-c2ccc(N(C=O)Cc3cccnc3)c(NCCc3cccc(F)c3)n2)c1. The number of nitrogens with one attached hydrogen (secondary N) is 1. The highest BCUT2D eigenvalue weighted by molar-refractivity contribution is 7.13. The number of aryl methyl sites for hydroxylation is 1. The van der Waals surface area contributed by atoms with Crippen molar-refractivity contribution < 1.29 is 9.18 Å². The van der Waals surface area contributed by atoms with Crippen molar-refractivity contribution in [3.05, 3.63) is 94.9 Å². The quantitative estimate of drug-likeness (QED) is 0.346. The fourth-order valence-corrected chi connectivity index (χ4v) is 4.27. The fraction of sp³-hybridized carbons (Fsp3) is 0.160. The zero-order chi connectivity index (χ0) is 22.3. The summed E-state index contributed by atoms with van der Waals surface area (Å²) in [6, 6.07) is 16.3. The van der Waals surface area contributed by atoms with Crippen LogP contribution in [-0.2, 0) is 17.8 Å². The first-order valence-corrected chi connectivity index (χ1v) is 11.2. The van der Waals surface area contributed by atoms with Crippen molar-refractivity contribution in [2.75, 3.05) is 16.8 Å². The number of hydrogen-bond acceptors (Lipinski definition) is 5. The standard InChI is InChI=1S/C25H23FN4OS/c1-18-12-24(32-16-18)22-7-8-23(30(17-31)15-20-5-3-10-27-14-20)25(29-22)28-11-9-19-4-2-6-21(26)13-19/h2-8,10,12-14,16-17H,9,11,15H2,1H3,(H,28,29). The molecule has 5 nitrogen and oxygen atoms in total. The van der Waals surface area contributed by atoms with E-state index in [0.29, 0.717) is 31.0 Å². The summed E-state index contributed by atoms with van der Waals surface area (Å²) in [6.07, 6.45) is 4.87. The maximum atomic E-state index is 13.5. The number of pyridine rings is 2. The highest BCUT2D eigenvalue weighted by Crippen LogP contribution is 2.31. The normalized spacial score (nSPS) is 10.7. The van der Waals surface area contributed by atoms with Crippen molar-refractivity contribution in [3.8, 4) is 10.6 Å². The lowest BCUT2D eigenvalue weighted by Gasteiger charge is -2.21. The molecule has 0 unspecified atom stereocenters. The average molecular weight is 447 g/mol.